The fourth-order valence-electron chi connectivity index (χ4n) is 6.06. The van der Waals surface area contributed by atoms with E-state index < -0.39 is 15.6 Å². The van der Waals surface area contributed by atoms with Crippen LogP contribution in [0.4, 0.5) is 4.79 Å². The van der Waals surface area contributed by atoms with Gasteiger partial charge >= 0.3 is 6.09 Å². The number of rotatable bonds is 11. The molecule has 1 heterocycles. The molecular formula is C39H47N3O5S. The highest BCUT2D eigenvalue weighted by Crippen LogP contribution is 2.28. The van der Waals surface area contributed by atoms with Gasteiger partial charge < -0.3 is 14.4 Å². The van der Waals surface area contributed by atoms with E-state index in [4.69, 9.17) is 9.47 Å². The molecule has 0 unspecified atom stereocenters. The Kier molecular flexibility index (Phi) is 11.5. The van der Waals surface area contributed by atoms with Crippen LogP contribution in [0.3, 0.4) is 0 Å². The van der Waals surface area contributed by atoms with E-state index in [-0.39, 0.29) is 30.1 Å². The van der Waals surface area contributed by atoms with Crippen LogP contribution in [0.25, 0.3) is 11.1 Å². The second-order valence-electron chi connectivity index (χ2n) is 13.5. The minimum Gasteiger partial charge on any atom is -0.497 e. The van der Waals surface area contributed by atoms with Crippen LogP contribution >= 0.6 is 0 Å². The molecule has 1 fully saturated rings. The summed E-state index contributed by atoms with van der Waals surface area (Å²) in [6.45, 7) is 6.63. The average Bonchev–Trinajstić information content (AvgIpc) is 3.37. The second-order valence-corrected chi connectivity index (χ2v) is 15.4. The summed E-state index contributed by atoms with van der Waals surface area (Å²) in [7, 11) is -2.26. The normalized spacial score (nSPS) is 14.4. The third-order valence-corrected chi connectivity index (χ3v) is 10.4. The summed E-state index contributed by atoms with van der Waals surface area (Å²) in [4.78, 5) is 19.6. The highest BCUT2D eigenvalue weighted by molar-refractivity contribution is 7.89. The molecular weight excluding hydrogens is 623 g/mol. The molecule has 8 nitrogen and oxygen atoms in total. The van der Waals surface area contributed by atoms with Gasteiger partial charge in [-0.1, -0.05) is 80.3 Å². The zero-order chi connectivity index (χ0) is 34.1. The lowest BCUT2D eigenvalue weighted by Crippen LogP contribution is -2.42. The summed E-state index contributed by atoms with van der Waals surface area (Å²) >= 11 is 0. The molecule has 1 aliphatic carbocycles. The van der Waals surface area contributed by atoms with Gasteiger partial charge in [-0.15, -0.1) is 0 Å². The average molecular weight is 670 g/mol. The first-order valence-corrected chi connectivity index (χ1v) is 18.2. The quantitative estimate of drug-likeness (QED) is 0.149. The fourth-order valence-corrected chi connectivity index (χ4v) is 7.47. The van der Waals surface area contributed by atoms with E-state index in [1.807, 2.05) is 56.0 Å². The van der Waals surface area contributed by atoms with Gasteiger partial charge in [-0.05, 0) is 91.8 Å². The van der Waals surface area contributed by atoms with E-state index in [9.17, 15) is 13.2 Å². The number of hydrogen-bond donors (Lipinski definition) is 0. The van der Waals surface area contributed by atoms with Crippen molar-refractivity contribution >= 4 is 16.1 Å². The number of ether oxygens (including phenoxy) is 2. The van der Waals surface area contributed by atoms with Crippen molar-refractivity contribution in [2.24, 2.45) is 0 Å². The third kappa shape index (κ3) is 9.45. The zero-order valence-electron chi connectivity index (χ0n) is 28.5. The molecule has 0 radical (unpaired) electrons. The van der Waals surface area contributed by atoms with Gasteiger partial charge in [0, 0.05) is 38.1 Å². The van der Waals surface area contributed by atoms with Gasteiger partial charge in [0.2, 0.25) is 10.0 Å². The molecule has 254 valence electrons. The van der Waals surface area contributed by atoms with Crippen LogP contribution in [0.5, 0.6) is 5.75 Å². The Balaban J connectivity index is 1.31. The minimum atomic E-state index is -3.81. The number of aromatic nitrogens is 1. The van der Waals surface area contributed by atoms with Crippen LogP contribution in [0, 0.1) is 0 Å². The summed E-state index contributed by atoms with van der Waals surface area (Å²) in [5, 5.41) is 0. The number of sulfonamides is 1. The van der Waals surface area contributed by atoms with Crippen molar-refractivity contribution in [1.82, 2.24) is 14.2 Å². The SMILES string of the molecule is COc1ccc(S(=O)(=O)N(Cc2ccc(-c3ccc(CN(C(=O)OC(C)(C)C)C4CCCCCC4)cc3)cc2)Cc2cccnc2)cc1. The third-order valence-electron chi connectivity index (χ3n) is 8.63. The molecule has 48 heavy (non-hydrogen) atoms. The molecule has 1 saturated carbocycles. The number of benzene rings is 3. The number of amides is 1. The lowest BCUT2D eigenvalue weighted by molar-refractivity contribution is 0.0123. The van der Waals surface area contributed by atoms with Crippen LogP contribution in [0.1, 0.15) is 76.0 Å². The van der Waals surface area contributed by atoms with Gasteiger partial charge in [0.25, 0.3) is 0 Å². The minimum absolute atomic E-state index is 0.181. The van der Waals surface area contributed by atoms with Crippen molar-refractivity contribution in [2.75, 3.05) is 7.11 Å². The first-order valence-electron chi connectivity index (χ1n) is 16.7. The van der Waals surface area contributed by atoms with Gasteiger partial charge in [0.1, 0.15) is 11.4 Å². The number of methoxy groups -OCH3 is 1. The van der Waals surface area contributed by atoms with Crippen LogP contribution in [-0.2, 0) is 34.4 Å². The Bertz CT molecular complexity index is 1710. The van der Waals surface area contributed by atoms with Gasteiger partial charge in [-0.3, -0.25) is 4.98 Å². The molecule has 5 rings (SSSR count). The predicted molar refractivity (Wildman–Crippen MR) is 189 cm³/mol. The Labute approximate surface area is 285 Å². The summed E-state index contributed by atoms with van der Waals surface area (Å²) in [6.07, 6.45) is 9.82. The first-order chi connectivity index (χ1) is 23.0. The molecule has 0 N–H and O–H groups in total. The second kappa shape index (κ2) is 15.8. The lowest BCUT2D eigenvalue weighted by Gasteiger charge is -2.33. The maximum atomic E-state index is 13.8. The smallest absolute Gasteiger partial charge is 0.410 e. The predicted octanol–water partition coefficient (Wildman–Crippen LogP) is 8.61. The van der Waals surface area contributed by atoms with Gasteiger partial charge in [-0.25, -0.2) is 13.2 Å². The van der Waals surface area contributed by atoms with E-state index in [1.54, 1.807) is 49.8 Å². The number of hydrogen-bond acceptors (Lipinski definition) is 6. The van der Waals surface area contributed by atoms with Crippen LogP contribution in [-0.4, -0.2) is 47.5 Å². The van der Waals surface area contributed by atoms with Gasteiger partial charge in [0.05, 0.1) is 12.0 Å². The standard InChI is InChI=1S/C39H47N3O5S/c1-39(2,3)47-38(43)42(35-11-7-5-6-8-12-35)29-31-15-19-34(20-16-31)33-17-13-30(14-18-33)27-41(28-32-10-9-25-40-26-32)48(44,45)37-23-21-36(46-4)22-24-37/h9-10,13-26,35H,5-8,11-12,27-29H2,1-4H3. The highest BCUT2D eigenvalue weighted by Gasteiger charge is 2.29. The molecule has 3 aromatic carbocycles. The lowest BCUT2D eigenvalue weighted by atomic mass is 10.0. The van der Waals surface area contributed by atoms with E-state index >= 15 is 0 Å². The molecule has 0 atom stereocenters. The topological polar surface area (TPSA) is 89.0 Å². The molecule has 0 saturated heterocycles. The highest BCUT2D eigenvalue weighted by atomic mass is 32.2. The molecule has 1 aliphatic rings. The van der Waals surface area contributed by atoms with Crippen LogP contribution in [0.15, 0.2) is 102 Å². The molecule has 0 spiro atoms. The Morgan fingerprint density at radius 1 is 0.771 bits per heavy atom. The molecule has 9 heteroatoms. The summed E-state index contributed by atoms with van der Waals surface area (Å²) in [5.41, 5.74) is 4.24. The molecule has 1 aromatic heterocycles. The largest absolute Gasteiger partial charge is 0.497 e. The van der Waals surface area contributed by atoms with Crippen molar-refractivity contribution in [3.05, 3.63) is 114 Å². The first kappa shape index (κ1) is 35.1. The van der Waals surface area contributed by atoms with E-state index in [0.717, 1.165) is 53.5 Å². The number of carbonyl (C=O) groups excluding carboxylic acids is 1. The Morgan fingerprint density at radius 3 is 1.85 bits per heavy atom. The molecule has 0 aliphatic heterocycles. The Hall–Kier alpha value is -4.21. The molecule has 0 bridgehead atoms. The monoisotopic (exact) mass is 669 g/mol. The van der Waals surface area contributed by atoms with E-state index in [1.165, 1.54) is 17.1 Å². The summed E-state index contributed by atoms with van der Waals surface area (Å²) in [6, 6.07) is 26.6. The van der Waals surface area contributed by atoms with Crippen molar-refractivity contribution in [1.29, 1.82) is 0 Å². The molecule has 4 aromatic rings. The van der Waals surface area contributed by atoms with Gasteiger partial charge in [-0.2, -0.15) is 4.31 Å². The van der Waals surface area contributed by atoms with Crippen molar-refractivity contribution in [2.45, 2.75) is 95.5 Å². The van der Waals surface area contributed by atoms with E-state index in [2.05, 4.69) is 29.2 Å². The summed E-state index contributed by atoms with van der Waals surface area (Å²) < 4.78 is 40.1. The maximum absolute atomic E-state index is 13.8. The van der Waals surface area contributed by atoms with Crippen LogP contribution in [0.2, 0.25) is 0 Å². The number of pyridine rings is 1. The van der Waals surface area contributed by atoms with Gasteiger partial charge in [0.15, 0.2) is 0 Å². The van der Waals surface area contributed by atoms with Crippen molar-refractivity contribution < 1.29 is 22.7 Å². The Morgan fingerprint density at radius 2 is 1.33 bits per heavy atom. The van der Waals surface area contributed by atoms with E-state index in [0.29, 0.717) is 12.3 Å². The maximum Gasteiger partial charge on any atom is 0.410 e. The molecule has 1 amide bonds. The number of nitrogens with zero attached hydrogens (tertiary/aromatic N) is 3. The van der Waals surface area contributed by atoms with Crippen LogP contribution < -0.4 is 4.74 Å². The van der Waals surface area contributed by atoms with Crippen molar-refractivity contribution in [3.63, 3.8) is 0 Å². The summed E-state index contributed by atoms with van der Waals surface area (Å²) in [5.74, 6) is 0.594. The fraction of sp³-hybridized carbons (Fsp3) is 0.385. The van der Waals surface area contributed by atoms with Crippen molar-refractivity contribution in [3.8, 4) is 16.9 Å². The number of carbonyl (C=O) groups is 1. The zero-order valence-corrected chi connectivity index (χ0v) is 29.3.